The van der Waals surface area contributed by atoms with Crippen molar-refractivity contribution < 1.29 is 14.4 Å². The lowest BCUT2D eigenvalue weighted by Gasteiger charge is -2.36. The van der Waals surface area contributed by atoms with Crippen molar-refractivity contribution in [3.63, 3.8) is 0 Å². The third-order valence-corrected chi connectivity index (χ3v) is 5.54. The van der Waals surface area contributed by atoms with Gasteiger partial charge >= 0.3 is 0 Å². The van der Waals surface area contributed by atoms with Crippen molar-refractivity contribution in [2.75, 3.05) is 20.1 Å². The number of nitrogens with one attached hydrogen (secondary N) is 1. The monoisotopic (exact) mass is 351 g/mol. The maximum absolute atomic E-state index is 13.4. The third kappa shape index (κ3) is 3.82. The van der Waals surface area contributed by atoms with Gasteiger partial charge in [-0.2, -0.15) is 0 Å². The van der Waals surface area contributed by atoms with Crippen LogP contribution < -0.4 is 5.32 Å². The quantitative estimate of drug-likeness (QED) is 0.840. The van der Waals surface area contributed by atoms with E-state index in [1.165, 1.54) is 0 Å². The van der Waals surface area contributed by atoms with E-state index < -0.39 is 17.5 Å². The van der Waals surface area contributed by atoms with Crippen LogP contribution in [0.2, 0.25) is 0 Å². The third-order valence-electron chi connectivity index (χ3n) is 5.54. The van der Waals surface area contributed by atoms with E-state index in [9.17, 15) is 14.4 Å². The van der Waals surface area contributed by atoms with Crippen LogP contribution in [0.5, 0.6) is 0 Å². The predicted molar refractivity (Wildman–Crippen MR) is 96.7 cm³/mol. The normalized spacial score (nSPS) is 27.1. The molecule has 6 heteroatoms. The van der Waals surface area contributed by atoms with Gasteiger partial charge in [0, 0.05) is 25.6 Å². The first-order valence-electron chi connectivity index (χ1n) is 9.42. The van der Waals surface area contributed by atoms with Gasteiger partial charge in [0.15, 0.2) is 0 Å². The van der Waals surface area contributed by atoms with Gasteiger partial charge in [0.1, 0.15) is 12.1 Å². The number of carbonyl (C=O) groups is 3. The molecule has 142 valence electrons. The van der Waals surface area contributed by atoms with Crippen LogP contribution >= 0.6 is 0 Å². The Hall–Kier alpha value is -1.59. The predicted octanol–water partition coefficient (Wildman–Crippen LogP) is 1.64. The molecule has 0 bridgehead atoms. The summed E-state index contributed by atoms with van der Waals surface area (Å²) in [6.07, 6.45) is 2.36. The Kier molecular flexibility index (Phi) is 5.79. The largest absolute Gasteiger partial charge is 0.357 e. The molecule has 2 rings (SSSR count). The molecule has 2 heterocycles. The van der Waals surface area contributed by atoms with E-state index in [4.69, 9.17) is 0 Å². The average molecular weight is 351 g/mol. The van der Waals surface area contributed by atoms with Crippen molar-refractivity contribution in [3.05, 3.63) is 0 Å². The van der Waals surface area contributed by atoms with Gasteiger partial charge in [0.2, 0.25) is 17.7 Å². The molecular weight excluding hydrogens is 318 g/mol. The summed E-state index contributed by atoms with van der Waals surface area (Å²) in [5.74, 6) is 0.306. The number of likely N-dealkylation sites (tertiary alicyclic amines) is 2. The summed E-state index contributed by atoms with van der Waals surface area (Å²) in [6.45, 7) is 11.1. The second-order valence-corrected chi connectivity index (χ2v) is 8.69. The number of hydrogen-bond donors (Lipinski definition) is 1. The minimum absolute atomic E-state index is 0.0182. The minimum atomic E-state index is -0.518. The van der Waals surface area contributed by atoms with Crippen LogP contribution in [0.3, 0.4) is 0 Å². The fourth-order valence-corrected chi connectivity index (χ4v) is 4.13. The second-order valence-electron chi connectivity index (χ2n) is 8.69. The van der Waals surface area contributed by atoms with Gasteiger partial charge in [0.25, 0.3) is 0 Å². The first-order valence-corrected chi connectivity index (χ1v) is 9.42. The number of carbonyl (C=O) groups excluding carboxylic acids is 3. The minimum Gasteiger partial charge on any atom is -0.357 e. The summed E-state index contributed by atoms with van der Waals surface area (Å²) in [5, 5.41) is 2.66. The first-order chi connectivity index (χ1) is 11.6. The lowest BCUT2D eigenvalue weighted by atomic mass is 9.87. The second kappa shape index (κ2) is 7.34. The highest BCUT2D eigenvalue weighted by Gasteiger charge is 2.48. The van der Waals surface area contributed by atoms with Crippen molar-refractivity contribution in [3.8, 4) is 0 Å². The Labute approximate surface area is 151 Å². The zero-order valence-corrected chi connectivity index (χ0v) is 16.5. The molecular formula is C19H33N3O3. The van der Waals surface area contributed by atoms with Crippen molar-refractivity contribution >= 4 is 17.7 Å². The molecule has 3 amide bonds. The average Bonchev–Trinajstić information content (AvgIpc) is 3.18. The van der Waals surface area contributed by atoms with Crippen LogP contribution in [0.1, 0.15) is 53.9 Å². The molecule has 0 aromatic heterocycles. The van der Waals surface area contributed by atoms with Crippen LogP contribution in [0.15, 0.2) is 0 Å². The van der Waals surface area contributed by atoms with Gasteiger partial charge in [-0.1, -0.05) is 34.6 Å². The van der Waals surface area contributed by atoms with Crippen molar-refractivity contribution in [1.82, 2.24) is 15.1 Å². The van der Waals surface area contributed by atoms with Crippen molar-refractivity contribution in [2.45, 2.75) is 66.0 Å². The Bertz CT molecular complexity index is 539. The highest BCUT2D eigenvalue weighted by Crippen LogP contribution is 2.36. The van der Waals surface area contributed by atoms with Crippen LogP contribution in [-0.2, 0) is 14.4 Å². The molecule has 0 unspecified atom stereocenters. The molecule has 0 spiro atoms. The summed E-state index contributed by atoms with van der Waals surface area (Å²) in [4.78, 5) is 41.9. The van der Waals surface area contributed by atoms with Crippen LogP contribution in [0, 0.1) is 17.3 Å². The summed E-state index contributed by atoms with van der Waals surface area (Å²) in [5.41, 5.74) is -0.518. The summed E-state index contributed by atoms with van der Waals surface area (Å²) in [7, 11) is 1.60. The number of amides is 3. The molecule has 25 heavy (non-hydrogen) atoms. The molecule has 0 radical (unpaired) electrons. The Morgan fingerprint density at radius 3 is 2.20 bits per heavy atom. The van der Waals surface area contributed by atoms with E-state index >= 15 is 0 Å². The van der Waals surface area contributed by atoms with Gasteiger partial charge in [0.05, 0.1) is 0 Å². The van der Waals surface area contributed by atoms with Crippen LogP contribution in [0.4, 0.5) is 0 Å². The number of hydrogen-bond acceptors (Lipinski definition) is 3. The standard InChI is InChI=1S/C19H33N3O3/c1-12(2)13-9-11-22(18(25)19(3,4)5)15(13)17(24)21-10-7-8-14(21)16(23)20-6/h12-15H,7-11H2,1-6H3,(H,20,23)/t13-,14+,15-/m1/s1. The smallest absolute Gasteiger partial charge is 0.246 e. The lowest BCUT2D eigenvalue weighted by molar-refractivity contribution is -0.151. The van der Waals surface area contributed by atoms with E-state index in [0.717, 1.165) is 12.8 Å². The van der Waals surface area contributed by atoms with E-state index in [1.807, 2.05) is 20.8 Å². The van der Waals surface area contributed by atoms with Gasteiger partial charge in [-0.3, -0.25) is 14.4 Å². The molecule has 0 saturated carbocycles. The molecule has 0 aromatic carbocycles. The fraction of sp³-hybridized carbons (Fsp3) is 0.842. The van der Waals surface area contributed by atoms with E-state index in [-0.39, 0.29) is 23.6 Å². The van der Waals surface area contributed by atoms with Crippen molar-refractivity contribution in [1.29, 1.82) is 0 Å². The molecule has 0 aromatic rings. The maximum Gasteiger partial charge on any atom is 0.246 e. The van der Waals surface area contributed by atoms with Crippen molar-refractivity contribution in [2.24, 2.45) is 17.3 Å². The lowest BCUT2D eigenvalue weighted by Crippen LogP contribution is -2.56. The van der Waals surface area contributed by atoms with Crippen LogP contribution in [-0.4, -0.2) is 59.7 Å². The Morgan fingerprint density at radius 1 is 1.04 bits per heavy atom. The number of rotatable bonds is 3. The van der Waals surface area contributed by atoms with Crippen LogP contribution in [0.25, 0.3) is 0 Å². The molecule has 6 nitrogen and oxygen atoms in total. The number of nitrogens with zero attached hydrogens (tertiary/aromatic N) is 2. The maximum atomic E-state index is 13.4. The Balaban J connectivity index is 2.30. The van der Waals surface area contributed by atoms with E-state index in [2.05, 4.69) is 19.2 Å². The molecule has 2 aliphatic heterocycles. The van der Waals surface area contributed by atoms with E-state index in [1.54, 1.807) is 16.8 Å². The number of likely N-dealkylation sites (N-methyl/N-ethyl adjacent to an activating group) is 1. The first kappa shape index (κ1) is 19.7. The van der Waals surface area contributed by atoms with Gasteiger partial charge in [-0.25, -0.2) is 0 Å². The summed E-state index contributed by atoms with van der Waals surface area (Å²) >= 11 is 0. The molecule has 2 fully saturated rings. The van der Waals surface area contributed by atoms with Gasteiger partial charge in [-0.05, 0) is 31.1 Å². The molecule has 2 saturated heterocycles. The molecule has 2 aliphatic rings. The highest BCUT2D eigenvalue weighted by molar-refractivity contribution is 5.94. The molecule has 1 N–H and O–H groups in total. The van der Waals surface area contributed by atoms with Gasteiger partial charge < -0.3 is 15.1 Å². The van der Waals surface area contributed by atoms with E-state index in [0.29, 0.717) is 25.4 Å². The fourth-order valence-electron chi connectivity index (χ4n) is 4.13. The zero-order chi connectivity index (χ0) is 18.9. The van der Waals surface area contributed by atoms with Gasteiger partial charge in [-0.15, -0.1) is 0 Å². The molecule has 0 aliphatic carbocycles. The summed E-state index contributed by atoms with van der Waals surface area (Å²) in [6, 6.07) is -0.852. The Morgan fingerprint density at radius 2 is 1.68 bits per heavy atom. The topological polar surface area (TPSA) is 69.7 Å². The molecule has 3 atom stereocenters. The summed E-state index contributed by atoms with van der Waals surface area (Å²) < 4.78 is 0. The SMILES string of the molecule is CNC(=O)[C@@H]1CCCN1C(=O)[C@H]1[C@@H](C(C)C)CCN1C(=O)C(C)(C)C. The zero-order valence-electron chi connectivity index (χ0n) is 16.5. The highest BCUT2D eigenvalue weighted by atomic mass is 16.2.